The van der Waals surface area contributed by atoms with Gasteiger partial charge >= 0.3 is 0 Å². The molecule has 1 aliphatic rings. The number of carbonyl (C=O) groups excluding carboxylic acids is 1. The quantitative estimate of drug-likeness (QED) is 0.683. The van der Waals surface area contributed by atoms with Gasteiger partial charge in [-0.05, 0) is 38.9 Å². The highest BCUT2D eigenvalue weighted by Gasteiger charge is 2.24. The lowest BCUT2D eigenvalue weighted by molar-refractivity contribution is -0.383. The Balaban J connectivity index is 2.05. The Morgan fingerprint density at radius 1 is 1.24 bits per heavy atom. The van der Waals surface area contributed by atoms with E-state index in [1.807, 2.05) is 6.92 Å². The number of nitrogens with one attached hydrogen (secondary N) is 1. The highest BCUT2D eigenvalue weighted by atomic mass is 16.6. The second-order valence-corrected chi connectivity index (χ2v) is 5.39. The molecule has 1 aliphatic heterocycles. The summed E-state index contributed by atoms with van der Waals surface area (Å²) >= 11 is 0. The van der Waals surface area contributed by atoms with Crippen LogP contribution in [0.15, 0.2) is 24.3 Å². The highest BCUT2D eigenvalue weighted by molar-refractivity contribution is 5.96. The van der Waals surface area contributed by atoms with Gasteiger partial charge in [0.1, 0.15) is 5.69 Å². The fourth-order valence-corrected chi connectivity index (χ4v) is 2.62. The van der Waals surface area contributed by atoms with Crippen molar-refractivity contribution in [2.45, 2.75) is 38.6 Å². The van der Waals surface area contributed by atoms with E-state index in [0.29, 0.717) is 0 Å². The molecule has 6 nitrogen and oxygen atoms in total. The molecule has 114 valence electrons. The molecule has 0 aliphatic carbocycles. The molecule has 0 unspecified atom stereocenters. The molecule has 1 atom stereocenters. The van der Waals surface area contributed by atoms with Crippen LogP contribution in [0.1, 0.15) is 32.6 Å². The second kappa shape index (κ2) is 7.17. The highest BCUT2D eigenvalue weighted by Crippen LogP contribution is 2.23. The van der Waals surface area contributed by atoms with Crippen molar-refractivity contribution in [3.63, 3.8) is 0 Å². The van der Waals surface area contributed by atoms with Crippen LogP contribution in [0, 0.1) is 10.1 Å². The minimum Gasteiger partial charge on any atom is -0.319 e. The normalized spacial score (nSPS) is 17.8. The van der Waals surface area contributed by atoms with Gasteiger partial charge in [-0.15, -0.1) is 0 Å². The fourth-order valence-electron chi connectivity index (χ4n) is 2.62. The van der Waals surface area contributed by atoms with Crippen molar-refractivity contribution >= 4 is 17.3 Å². The first-order valence-corrected chi connectivity index (χ1v) is 7.38. The fraction of sp³-hybridized carbons (Fsp3) is 0.533. The minimum absolute atomic E-state index is 0.0751. The molecule has 0 radical (unpaired) electrons. The van der Waals surface area contributed by atoms with Gasteiger partial charge in [0, 0.05) is 6.07 Å². The summed E-state index contributed by atoms with van der Waals surface area (Å²) in [5.41, 5.74) is 0.183. The van der Waals surface area contributed by atoms with E-state index in [4.69, 9.17) is 0 Å². The average molecular weight is 291 g/mol. The van der Waals surface area contributed by atoms with Gasteiger partial charge in [0.15, 0.2) is 0 Å². The predicted octanol–water partition coefficient (Wildman–Crippen LogP) is 2.80. The molecule has 1 fully saturated rings. The lowest BCUT2D eigenvalue weighted by Crippen LogP contribution is -2.42. The number of nitrogens with zero attached hydrogens (tertiary/aromatic N) is 2. The Bertz CT molecular complexity index is 511. The summed E-state index contributed by atoms with van der Waals surface area (Å²) in [7, 11) is 0. The summed E-state index contributed by atoms with van der Waals surface area (Å²) in [4.78, 5) is 25.0. The monoisotopic (exact) mass is 291 g/mol. The van der Waals surface area contributed by atoms with Gasteiger partial charge in [0.05, 0.1) is 11.0 Å². The Kier molecular flexibility index (Phi) is 5.27. The molecule has 1 amide bonds. The van der Waals surface area contributed by atoms with Gasteiger partial charge < -0.3 is 5.32 Å². The van der Waals surface area contributed by atoms with Gasteiger partial charge in [-0.1, -0.05) is 25.0 Å². The third-order valence-corrected chi connectivity index (χ3v) is 3.93. The van der Waals surface area contributed by atoms with E-state index in [9.17, 15) is 14.9 Å². The Hall–Kier alpha value is -1.95. The van der Waals surface area contributed by atoms with Crippen LogP contribution in [0.25, 0.3) is 0 Å². The molecule has 1 aromatic rings. The number of nitro benzene ring substituents is 1. The molecule has 1 heterocycles. The van der Waals surface area contributed by atoms with E-state index in [2.05, 4.69) is 10.2 Å². The molecule has 1 saturated heterocycles. The Morgan fingerprint density at radius 3 is 2.48 bits per heavy atom. The third-order valence-electron chi connectivity index (χ3n) is 3.93. The van der Waals surface area contributed by atoms with Crippen molar-refractivity contribution in [3.8, 4) is 0 Å². The molecule has 0 saturated carbocycles. The van der Waals surface area contributed by atoms with Crippen LogP contribution in [-0.4, -0.2) is 34.9 Å². The number of rotatable bonds is 4. The largest absolute Gasteiger partial charge is 0.319 e. The lowest BCUT2D eigenvalue weighted by Gasteiger charge is -2.26. The number of anilines is 1. The number of likely N-dealkylation sites (tertiary alicyclic amines) is 1. The molecule has 6 heteroatoms. The van der Waals surface area contributed by atoms with Crippen molar-refractivity contribution in [2.24, 2.45) is 0 Å². The van der Waals surface area contributed by atoms with Crippen molar-refractivity contribution in [3.05, 3.63) is 34.4 Å². The van der Waals surface area contributed by atoms with Crippen LogP contribution in [0.3, 0.4) is 0 Å². The summed E-state index contributed by atoms with van der Waals surface area (Å²) in [5, 5.41) is 13.7. The topological polar surface area (TPSA) is 75.5 Å². The molecule has 0 spiro atoms. The molecular formula is C15H21N3O3. The van der Waals surface area contributed by atoms with Gasteiger partial charge in [0.25, 0.3) is 5.69 Å². The van der Waals surface area contributed by atoms with Crippen molar-refractivity contribution in [1.82, 2.24) is 4.90 Å². The first kappa shape index (κ1) is 15.4. The van der Waals surface area contributed by atoms with Crippen LogP contribution in [0.4, 0.5) is 11.4 Å². The Morgan fingerprint density at radius 2 is 1.86 bits per heavy atom. The van der Waals surface area contributed by atoms with Crippen LogP contribution < -0.4 is 5.32 Å². The van der Waals surface area contributed by atoms with E-state index in [-0.39, 0.29) is 23.3 Å². The van der Waals surface area contributed by atoms with Crippen molar-refractivity contribution in [1.29, 1.82) is 0 Å². The average Bonchev–Trinajstić information content (AvgIpc) is 2.75. The molecule has 0 aromatic heterocycles. The summed E-state index contributed by atoms with van der Waals surface area (Å²) in [6.45, 7) is 3.67. The third kappa shape index (κ3) is 4.01. The van der Waals surface area contributed by atoms with Crippen LogP contribution in [0.2, 0.25) is 0 Å². The number of carbonyl (C=O) groups is 1. The lowest BCUT2D eigenvalue weighted by atomic mass is 10.2. The molecule has 0 bridgehead atoms. The first-order valence-electron chi connectivity index (χ1n) is 7.38. The standard InChI is InChI=1S/C15H21N3O3/c1-12(17-10-6-2-3-7-11-17)15(19)16-13-8-4-5-9-14(13)18(20)21/h4-5,8-9,12H,2-3,6-7,10-11H2,1H3,(H,16,19)/t12-/m0/s1. The maximum absolute atomic E-state index is 12.3. The molecule has 1 N–H and O–H groups in total. The van der Waals surface area contributed by atoms with Gasteiger partial charge in [-0.3, -0.25) is 19.8 Å². The predicted molar refractivity (Wildman–Crippen MR) is 81.2 cm³/mol. The zero-order valence-corrected chi connectivity index (χ0v) is 12.2. The first-order chi connectivity index (χ1) is 10.1. The number of amides is 1. The van der Waals surface area contributed by atoms with Crippen molar-refractivity contribution in [2.75, 3.05) is 18.4 Å². The van der Waals surface area contributed by atoms with E-state index in [1.54, 1.807) is 18.2 Å². The number of hydrogen-bond donors (Lipinski definition) is 1. The molecular weight excluding hydrogens is 270 g/mol. The number of benzene rings is 1. The summed E-state index contributed by atoms with van der Waals surface area (Å²) < 4.78 is 0. The Labute approximate surface area is 124 Å². The van der Waals surface area contributed by atoms with Gasteiger partial charge in [0.2, 0.25) is 5.91 Å². The zero-order valence-electron chi connectivity index (χ0n) is 12.2. The number of para-hydroxylation sites is 2. The molecule has 21 heavy (non-hydrogen) atoms. The smallest absolute Gasteiger partial charge is 0.292 e. The minimum atomic E-state index is -0.480. The van der Waals surface area contributed by atoms with Crippen molar-refractivity contribution < 1.29 is 9.72 Å². The SMILES string of the molecule is C[C@@H](C(=O)Nc1ccccc1[N+](=O)[O-])N1CCCCCC1. The summed E-state index contributed by atoms with van der Waals surface area (Å²) in [5.74, 6) is -0.189. The number of nitro groups is 1. The summed E-state index contributed by atoms with van der Waals surface area (Å²) in [6, 6.07) is 5.95. The van der Waals surface area contributed by atoms with Crippen LogP contribution in [0.5, 0.6) is 0 Å². The molecule has 1 aromatic carbocycles. The van der Waals surface area contributed by atoms with Crippen LogP contribution in [-0.2, 0) is 4.79 Å². The maximum Gasteiger partial charge on any atom is 0.292 e. The van der Waals surface area contributed by atoms with E-state index in [0.717, 1.165) is 25.9 Å². The van der Waals surface area contributed by atoms with Gasteiger partial charge in [-0.2, -0.15) is 0 Å². The molecule has 2 rings (SSSR count). The summed E-state index contributed by atoms with van der Waals surface area (Å²) in [6.07, 6.45) is 4.61. The van der Waals surface area contributed by atoms with Gasteiger partial charge in [-0.25, -0.2) is 0 Å². The second-order valence-electron chi connectivity index (χ2n) is 5.39. The van der Waals surface area contributed by atoms with E-state index in [1.165, 1.54) is 18.9 Å². The maximum atomic E-state index is 12.3. The zero-order chi connectivity index (χ0) is 15.2. The number of hydrogen-bond acceptors (Lipinski definition) is 4. The van der Waals surface area contributed by atoms with E-state index < -0.39 is 4.92 Å². The van der Waals surface area contributed by atoms with E-state index >= 15 is 0 Å². The van der Waals surface area contributed by atoms with Crippen LogP contribution >= 0.6 is 0 Å².